The molecule has 1 aromatic carbocycles. The van der Waals surface area contributed by atoms with E-state index in [1.807, 2.05) is 19.3 Å². The molecular formula is C42H66N2. The number of rotatable bonds is 8. The quantitative estimate of drug-likeness (QED) is 0.297. The monoisotopic (exact) mass is 599 g/mol. The van der Waals surface area contributed by atoms with Crippen LogP contribution in [0, 0.1) is 53.8 Å². The van der Waals surface area contributed by atoms with Gasteiger partial charge in [0.05, 0.1) is 0 Å². The molecule has 1 aromatic heterocycles. The standard InChI is InChI=1S/C14H24.C10H15N.C10H14.C8H13N/c1-10(2)6-14-7-11-3-12(8-14)5-13(4-11)9-14;1-8(2)6-10-5-4-9(3)11-7-10;1-9(2)8-10-6-4-3-5-7-10;1-7(2)6-8-4-3-5-9-8/h10-13H,3-9H2,1-2H3;4-5,7-8H,6H2,1-3H3;3-7,9H,8H2,1-2H3;4-5,7H,3,6H2,1-2H3. The van der Waals surface area contributed by atoms with Crippen LogP contribution < -0.4 is 0 Å². The fourth-order valence-electron chi connectivity index (χ4n) is 8.55. The molecule has 0 N–H and O–H groups in total. The molecule has 0 saturated heterocycles. The van der Waals surface area contributed by atoms with Crippen molar-refractivity contribution in [2.45, 2.75) is 133 Å². The van der Waals surface area contributed by atoms with Crippen LogP contribution in [0.2, 0.25) is 0 Å². The number of aryl methyl sites for hydroxylation is 1. The summed E-state index contributed by atoms with van der Waals surface area (Å²) in [4.78, 5) is 8.44. The Bertz CT molecular complexity index is 1080. The van der Waals surface area contributed by atoms with Gasteiger partial charge in [-0.2, -0.15) is 0 Å². The first-order valence-corrected chi connectivity index (χ1v) is 18.1. The van der Waals surface area contributed by atoms with E-state index in [4.69, 9.17) is 0 Å². The van der Waals surface area contributed by atoms with Crippen molar-refractivity contribution in [2.75, 3.05) is 0 Å². The molecule has 244 valence electrons. The molecule has 2 heterocycles. The molecule has 4 aliphatic carbocycles. The lowest BCUT2D eigenvalue weighted by Gasteiger charge is -2.57. The SMILES string of the molecule is CC(C)CC12CC3CC(CC(C3)C1)C2.CC(C)CC1=CCC=N1.CC(C)Cc1ccccc1.Cc1ccc(CC(C)C)cn1. The predicted octanol–water partition coefficient (Wildman–Crippen LogP) is 12.1. The zero-order chi connectivity index (χ0) is 32.1. The Morgan fingerprint density at radius 1 is 0.659 bits per heavy atom. The first-order valence-electron chi connectivity index (χ1n) is 18.1. The summed E-state index contributed by atoms with van der Waals surface area (Å²) in [5, 5.41) is 0. The average Bonchev–Trinajstić information content (AvgIpc) is 3.42. The Hall–Kier alpha value is -2.22. The van der Waals surface area contributed by atoms with Crippen molar-refractivity contribution >= 4 is 6.21 Å². The number of hydrogen-bond acceptors (Lipinski definition) is 2. The molecule has 7 rings (SSSR count). The van der Waals surface area contributed by atoms with Crippen LogP contribution in [-0.2, 0) is 12.8 Å². The molecule has 0 radical (unpaired) electrons. The van der Waals surface area contributed by atoms with Crippen LogP contribution in [-0.4, -0.2) is 11.2 Å². The highest BCUT2D eigenvalue weighted by atomic mass is 14.7. The molecule has 44 heavy (non-hydrogen) atoms. The third kappa shape index (κ3) is 13.4. The molecule has 0 spiro atoms. The Balaban J connectivity index is 0.000000163. The van der Waals surface area contributed by atoms with Crippen LogP contribution in [0.15, 0.2) is 65.4 Å². The van der Waals surface area contributed by atoms with Crippen molar-refractivity contribution in [3.05, 3.63) is 77.3 Å². The van der Waals surface area contributed by atoms with Gasteiger partial charge in [0.25, 0.3) is 0 Å². The summed E-state index contributed by atoms with van der Waals surface area (Å²) in [7, 11) is 0. The number of benzene rings is 1. The van der Waals surface area contributed by atoms with E-state index in [1.165, 1.54) is 29.7 Å². The molecule has 0 unspecified atom stereocenters. The second kappa shape index (κ2) is 18.1. The Kier molecular flexibility index (Phi) is 14.9. The number of pyridine rings is 1. The number of allylic oxidation sites excluding steroid dienone is 2. The van der Waals surface area contributed by atoms with Crippen LogP contribution >= 0.6 is 0 Å². The van der Waals surface area contributed by atoms with Crippen molar-refractivity contribution in [1.29, 1.82) is 0 Å². The topological polar surface area (TPSA) is 25.2 Å². The van der Waals surface area contributed by atoms with Crippen LogP contribution in [0.25, 0.3) is 0 Å². The third-order valence-electron chi connectivity index (χ3n) is 9.44. The molecular weight excluding hydrogens is 532 g/mol. The number of hydrogen-bond donors (Lipinski definition) is 0. The zero-order valence-electron chi connectivity index (χ0n) is 30.0. The highest BCUT2D eigenvalue weighted by molar-refractivity contribution is 5.64. The summed E-state index contributed by atoms with van der Waals surface area (Å²) in [5.41, 5.74) is 5.97. The molecule has 4 bridgehead atoms. The maximum atomic E-state index is 4.23. The second-order valence-electron chi connectivity index (χ2n) is 16.3. The highest BCUT2D eigenvalue weighted by Crippen LogP contribution is 2.61. The van der Waals surface area contributed by atoms with Crippen molar-refractivity contribution in [2.24, 2.45) is 51.8 Å². The smallest absolute Gasteiger partial charge is 0.0372 e. The molecule has 5 aliphatic rings. The van der Waals surface area contributed by atoms with Gasteiger partial charge in [0.15, 0.2) is 0 Å². The van der Waals surface area contributed by atoms with E-state index in [-0.39, 0.29) is 0 Å². The minimum Gasteiger partial charge on any atom is -0.266 e. The van der Waals surface area contributed by atoms with Gasteiger partial charge in [-0.25, -0.2) is 0 Å². The minimum atomic E-state index is 0.722. The Morgan fingerprint density at radius 3 is 1.64 bits per heavy atom. The molecule has 1 aliphatic heterocycles. The summed E-state index contributed by atoms with van der Waals surface area (Å²) in [6.45, 7) is 20.2. The number of nitrogens with zero attached hydrogens (tertiary/aromatic N) is 2. The number of aromatic nitrogens is 1. The van der Waals surface area contributed by atoms with E-state index < -0.39 is 0 Å². The summed E-state index contributed by atoms with van der Waals surface area (Å²) in [5.74, 6) is 6.57. The zero-order valence-corrected chi connectivity index (χ0v) is 30.0. The van der Waals surface area contributed by atoms with Gasteiger partial charge in [-0.15, -0.1) is 0 Å². The van der Waals surface area contributed by atoms with Gasteiger partial charge in [-0.05, 0) is 135 Å². The third-order valence-corrected chi connectivity index (χ3v) is 9.44. The van der Waals surface area contributed by atoms with Gasteiger partial charge >= 0.3 is 0 Å². The lowest BCUT2D eigenvalue weighted by Crippen LogP contribution is -2.46. The van der Waals surface area contributed by atoms with Crippen LogP contribution in [0.5, 0.6) is 0 Å². The van der Waals surface area contributed by atoms with Gasteiger partial charge in [0.1, 0.15) is 0 Å². The maximum Gasteiger partial charge on any atom is 0.0372 e. The van der Waals surface area contributed by atoms with Crippen LogP contribution in [0.1, 0.15) is 130 Å². The molecule has 4 saturated carbocycles. The maximum absolute atomic E-state index is 4.23. The van der Waals surface area contributed by atoms with Gasteiger partial charge in [-0.3, -0.25) is 9.98 Å². The van der Waals surface area contributed by atoms with Crippen molar-refractivity contribution in [3.8, 4) is 0 Å². The molecule has 2 aromatic rings. The van der Waals surface area contributed by atoms with E-state index in [0.717, 1.165) is 71.8 Å². The molecule has 0 atom stereocenters. The molecule has 2 nitrogen and oxygen atoms in total. The predicted molar refractivity (Wildman–Crippen MR) is 193 cm³/mol. The van der Waals surface area contributed by atoms with Crippen LogP contribution in [0.3, 0.4) is 0 Å². The second-order valence-corrected chi connectivity index (χ2v) is 16.3. The molecule has 4 fully saturated rings. The van der Waals surface area contributed by atoms with Gasteiger partial charge < -0.3 is 0 Å². The van der Waals surface area contributed by atoms with Gasteiger partial charge in [0.2, 0.25) is 0 Å². The van der Waals surface area contributed by atoms with E-state index in [0.29, 0.717) is 0 Å². The van der Waals surface area contributed by atoms with Gasteiger partial charge in [0, 0.05) is 30.2 Å². The van der Waals surface area contributed by atoms with E-state index in [9.17, 15) is 0 Å². The fraction of sp³-hybridized carbons (Fsp3) is 0.667. The van der Waals surface area contributed by atoms with Crippen molar-refractivity contribution in [1.82, 2.24) is 4.98 Å². The Labute approximate surface area is 272 Å². The largest absolute Gasteiger partial charge is 0.266 e. The lowest BCUT2D eigenvalue weighted by molar-refractivity contribution is -0.0632. The normalized spacial score (nSPS) is 24.5. The first-order chi connectivity index (χ1) is 20.9. The lowest BCUT2D eigenvalue weighted by atomic mass is 9.48. The fourth-order valence-corrected chi connectivity index (χ4v) is 8.55. The summed E-state index contributed by atoms with van der Waals surface area (Å²) < 4.78 is 0. The van der Waals surface area contributed by atoms with Crippen LogP contribution in [0.4, 0.5) is 0 Å². The minimum absolute atomic E-state index is 0.722. The average molecular weight is 599 g/mol. The van der Waals surface area contributed by atoms with E-state index in [1.54, 1.807) is 38.5 Å². The summed E-state index contributed by atoms with van der Waals surface area (Å²) in [6, 6.07) is 14.8. The van der Waals surface area contributed by atoms with Crippen molar-refractivity contribution in [3.63, 3.8) is 0 Å². The summed E-state index contributed by atoms with van der Waals surface area (Å²) in [6.07, 6.45) is 21.7. The highest BCUT2D eigenvalue weighted by Gasteiger charge is 2.50. The van der Waals surface area contributed by atoms with E-state index in [2.05, 4.69) is 114 Å². The first kappa shape index (κ1) is 36.3. The summed E-state index contributed by atoms with van der Waals surface area (Å²) >= 11 is 0. The number of aliphatic imine (C=N–C) groups is 1. The van der Waals surface area contributed by atoms with E-state index >= 15 is 0 Å². The molecule has 0 amide bonds. The Morgan fingerprint density at radius 2 is 1.20 bits per heavy atom. The molecule has 2 heteroatoms. The van der Waals surface area contributed by atoms with Gasteiger partial charge in [-0.1, -0.05) is 97.9 Å². The van der Waals surface area contributed by atoms with Crippen molar-refractivity contribution < 1.29 is 0 Å².